The monoisotopic (exact) mass is 291 g/mol. The van der Waals surface area contributed by atoms with Gasteiger partial charge in [0.15, 0.2) is 0 Å². The average molecular weight is 291 g/mol. The molecular weight excluding hydrogens is 262 g/mol. The van der Waals surface area contributed by atoms with Gasteiger partial charge in [0.25, 0.3) is 0 Å². The largest absolute Gasteiger partial charge is 0.381 e. The Balaban J connectivity index is 1.99. The third-order valence-electron chi connectivity index (χ3n) is 4.12. The van der Waals surface area contributed by atoms with Crippen LogP contribution >= 0.6 is 0 Å². The Labute approximate surface area is 128 Å². The molecule has 2 heterocycles. The molecule has 4 nitrogen and oxygen atoms in total. The number of rotatable bonds is 6. The minimum absolute atomic E-state index is 0.382. The molecule has 0 radical (unpaired) electrons. The van der Waals surface area contributed by atoms with E-state index in [4.69, 9.17) is 14.7 Å². The van der Waals surface area contributed by atoms with Crippen molar-refractivity contribution in [2.24, 2.45) is 0 Å². The molecule has 1 aliphatic rings. The number of hydrogen-bond acceptors (Lipinski definition) is 4. The zero-order valence-electron chi connectivity index (χ0n) is 13.9. The van der Waals surface area contributed by atoms with Gasteiger partial charge in [-0.2, -0.15) is 0 Å². The Kier molecular flexibility index (Phi) is 6.12. The van der Waals surface area contributed by atoms with Gasteiger partial charge in [0.05, 0.1) is 6.61 Å². The van der Waals surface area contributed by atoms with Crippen LogP contribution in [0.4, 0.5) is 0 Å². The van der Waals surface area contributed by atoms with Crippen LogP contribution in [0.2, 0.25) is 0 Å². The summed E-state index contributed by atoms with van der Waals surface area (Å²) in [6.07, 6.45) is 4.46. The Bertz CT molecular complexity index is 430. The van der Waals surface area contributed by atoms with E-state index < -0.39 is 0 Å². The maximum absolute atomic E-state index is 5.56. The summed E-state index contributed by atoms with van der Waals surface area (Å²) in [5, 5.41) is 3.46. The first-order valence-corrected chi connectivity index (χ1v) is 8.23. The lowest BCUT2D eigenvalue weighted by Crippen LogP contribution is -2.24. The van der Waals surface area contributed by atoms with Crippen LogP contribution in [0.5, 0.6) is 0 Å². The molecule has 0 saturated carbocycles. The van der Waals surface area contributed by atoms with E-state index in [1.165, 1.54) is 5.56 Å². The van der Waals surface area contributed by atoms with Gasteiger partial charge in [-0.1, -0.05) is 13.8 Å². The van der Waals surface area contributed by atoms with Gasteiger partial charge in [0.2, 0.25) is 0 Å². The SMILES string of the molecule is Cc1nc(C2CCCOC2)nc(C)c1CCCNC(C)C. The molecule has 1 aromatic heterocycles. The second-order valence-corrected chi connectivity index (χ2v) is 6.36. The van der Waals surface area contributed by atoms with Crippen molar-refractivity contribution < 1.29 is 4.74 Å². The second-order valence-electron chi connectivity index (χ2n) is 6.36. The molecule has 21 heavy (non-hydrogen) atoms. The molecule has 2 rings (SSSR count). The summed E-state index contributed by atoms with van der Waals surface area (Å²) < 4.78 is 5.56. The third-order valence-corrected chi connectivity index (χ3v) is 4.12. The summed E-state index contributed by atoms with van der Waals surface area (Å²) in [6.45, 7) is 11.3. The van der Waals surface area contributed by atoms with Crippen LogP contribution in [-0.2, 0) is 11.2 Å². The van der Waals surface area contributed by atoms with Gasteiger partial charge in [0, 0.05) is 30.0 Å². The fourth-order valence-corrected chi connectivity index (χ4v) is 2.91. The first-order valence-electron chi connectivity index (χ1n) is 8.23. The molecule has 0 aliphatic carbocycles. The number of nitrogens with one attached hydrogen (secondary N) is 1. The van der Waals surface area contributed by atoms with Crippen LogP contribution in [-0.4, -0.2) is 35.8 Å². The van der Waals surface area contributed by atoms with E-state index in [2.05, 4.69) is 33.0 Å². The predicted octanol–water partition coefficient (Wildman–Crippen LogP) is 2.92. The van der Waals surface area contributed by atoms with E-state index in [1.54, 1.807) is 0 Å². The summed E-state index contributed by atoms with van der Waals surface area (Å²) in [5.74, 6) is 1.36. The van der Waals surface area contributed by atoms with Crippen molar-refractivity contribution >= 4 is 0 Å². The molecule has 4 heteroatoms. The summed E-state index contributed by atoms with van der Waals surface area (Å²) in [6, 6.07) is 0.553. The van der Waals surface area contributed by atoms with E-state index in [0.29, 0.717) is 12.0 Å². The highest BCUT2D eigenvalue weighted by Crippen LogP contribution is 2.24. The lowest BCUT2D eigenvalue weighted by Gasteiger charge is -2.22. The van der Waals surface area contributed by atoms with Gasteiger partial charge in [-0.3, -0.25) is 0 Å². The number of aromatic nitrogens is 2. The predicted molar refractivity (Wildman–Crippen MR) is 85.8 cm³/mol. The van der Waals surface area contributed by atoms with Gasteiger partial charge < -0.3 is 10.1 Å². The van der Waals surface area contributed by atoms with Gasteiger partial charge in [-0.25, -0.2) is 9.97 Å². The van der Waals surface area contributed by atoms with Gasteiger partial charge in [0.1, 0.15) is 5.82 Å². The average Bonchev–Trinajstić information content (AvgIpc) is 2.46. The normalized spacial score (nSPS) is 19.2. The van der Waals surface area contributed by atoms with Crippen molar-refractivity contribution in [2.45, 2.75) is 65.3 Å². The zero-order chi connectivity index (χ0) is 15.2. The maximum atomic E-state index is 5.56. The standard InChI is InChI=1S/C17H29N3O/c1-12(2)18-9-5-8-16-13(3)19-17(20-14(16)4)15-7-6-10-21-11-15/h12,15,18H,5-11H2,1-4H3. The van der Waals surface area contributed by atoms with Crippen LogP contribution in [0.25, 0.3) is 0 Å². The molecule has 1 aromatic rings. The molecular formula is C17H29N3O. The Morgan fingerprint density at radius 1 is 1.24 bits per heavy atom. The summed E-state index contributed by atoms with van der Waals surface area (Å²) in [7, 11) is 0. The molecule has 0 spiro atoms. The van der Waals surface area contributed by atoms with Crippen molar-refractivity contribution in [3.63, 3.8) is 0 Å². The second kappa shape index (κ2) is 7.85. The Morgan fingerprint density at radius 2 is 1.95 bits per heavy atom. The quantitative estimate of drug-likeness (QED) is 0.819. The lowest BCUT2D eigenvalue weighted by atomic mass is 10.00. The van der Waals surface area contributed by atoms with Crippen LogP contribution in [0.1, 0.15) is 61.8 Å². The van der Waals surface area contributed by atoms with Gasteiger partial charge in [-0.15, -0.1) is 0 Å². The highest BCUT2D eigenvalue weighted by atomic mass is 16.5. The van der Waals surface area contributed by atoms with Crippen LogP contribution in [0.15, 0.2) is 0 Å². The smallest absolute Gasteiger partial charge is 0.134 e. The summed E-state index contributed by atoms with van der Waals surface area (Å²) in [4.78, 5) is 9.52. The number of nitrogens with zero attached hydrogens (tertiary/aromatic N) is 2. The van der Waals surface area contributed by atoms with Crippen molar-refractivity contribution in [1.29, 1.82) is 0 Å². The number of hydrogen-bond donors (Lipinski definition) is 1. The summed E-state index contributed by atoms with van der Waals surface area (Å²) in [5.41, 5.74) is 3.61. The lowest BCUT2D eigenvalue weighted by molar-refractivity contribution is 0.0779. The molecule has 1 saturated heterocycles. The van der Waals surface area contributed by atoms with Gasteiger partial charge >= 0.3 is 0 Å². The van der Waals surface area contributed by atoms with Crippen molar-refractivity contribution in [2.75, 3.05) is 19.8 Å². The number of aryl methyl sites for hydroxylation is 2. The van der Waals surface area contributed by atoms with Crippen LogP contribution in [0, 0.1) is 13.8 Å². The fraction of sp³-hybridized carbons (Fsp3) is 0.765. The minimum Gasteiger partial charge on any atom is -0.381 e. The van der Waals surface area contributed by atoms with Crippen LogP contribution < -0.4 is 5.32 Å². The topological polar surface area (TPSA) is 47.0 Å². The molecule has 1 fully saturated rings. The molecule has 0 bridgehead atoms. The minimum atomic E-state index is 0.382. The Morgan fingerprint density at radius 3 is 2.52 bits per heavy atom. The molecule has 1 atom stereocenters. The number of ether oxygens (including phenoxy) is 1. The molecule has 1 N–H and O–H groups in total. The zero-order valence-corrected chi connectivity index (χ0v) is 13.9. The third kappa shape index (κ3) is 4.75. The van der Waals surface area contributed by atoms with E-state index >= 15 is 0 Å². The van der Waals surface area contributed by atoms with E-state index in [1.807, 2.05) is 0 Å². The summed E-state index contributed by atoms with van der Waals surface area (Å²) >= 11 is 0. The first kappa shape index (κ1) is 16.4. The first-order chi connectivity index (χ1) is 10.1. The van der Waals surface area contributed by atoms with Gasteiger partial charge in [-0.05, 0) is 51.6 Å². The molecule has 1 unspecified atom stereocenters. The maximum Gasteiger partial charge on any atom is 0.134 e. The molecule has 118 valence electrons. The van der Waals surface area contributed by atoms with E-state index in [-0.39, 0.29) is 0 Å². The fourth-order valence-electron chi connectivity index (χ4n) is 2.91. The molecule has 0 amide bonds. The van der Waals surface area contributed by atoms with E-state index in [0.717, 1.165) is 62.7 Å². The van der Waals surface area contributed by atoms with Crippen molar-refractivity contribution in [3.8, 4) is 0 Å². The van der Waals surface area contributed by atoms with Crippen molar-refractivity contribution in [3.05, 3.63) is 22.8 Å². The molecule has 1 aliphatic heterocycles. The van der Waals surface area contributed by atoms with Crippen LogP contribution in [0.3, 0.4) is 0 Å². The highest BCUT2D eigenvalue weighted by Gasteiger charge is 2.20. The molecule has 0 aromatic carbocycles. The highest BCUT2D eigenvalue weighted by molar-refractivity contribution is 5.25. The Hall–Kier alpha value is -1.00. The van der Waals surface area contributed by atoms with E-state index in [9.17, 15) is 0 Å². The van der Waals surface area contributed by atoms with Crippen molar-refractivity contribution in [1.82, 2.24) is 15.3 Å².